The van der Waals surface area contributed by atoms with Gasteiger partial charge in [-0.1, -0.05) is 34.6 Å². The first-order valence-electron chi connectivity index (χ1n) is 9.19. The summed E-state index contributed by atoms with van der Waals surface area (Å²) in [5.74, 6) is 2.40. The number of hydrogen-bond acceptors (Lipinski definition) is 8. The summed E-state index contributed by atoms with van der Waals surface area (Å²) in [7, 11) is 0. The third-order valence-electron chi connectivity index (χ3n) is 4.44. The Labute approximate surface area is 180 Å². The molecule has 0 N–H and O–H groups in total. The van der Waals surface area contributed by atoms with Crippen LogP contribution in [-0.2, 0) is 5.75 Å². The van der Waals surface area contributed by atoms with Gasteiger partial charge in [0.25, 0.3) is 0 Å². The largest absolute Gasteiger partial charge is 0.338 e. The normalized spacial score (nSPS) is 11.1. The second-order valence-electron chi connectivity index (χ2n) is 6.53. The highest BCUT2D eigenvalue weighted by molar-refractivity contribution is 7.98. The van der Waals surface area contributed by atoms with Crippen LogP contribution in [0.15, 0.2) is 75.3 Å². The van der Waals surface area contributed by atoms with E-state index in [4.69, 9.17) is 4.52 Å². The molecule has 30 heavy (non-hydrogen) atoms. The summed E-state index contributed by atoms with van der Waals surface area (Å²) in [6, 6.07) is 14.1. The summed E-state index contributed by atoms with van der Waals surface area (Å²) in [5, 5.41) is 17.7. The third kappa shape index (κ3) is 3.77. The lowest BCUT2D eigenvalue weighted by Crippen LogP contribution is -2.00. The minimum Gasteiger partial charge on any atom is -0.338 e. The molecule has 0 saturated carbocycles. The molecule has 0 aliphatic carbocycles. The number of hydrogen-bond donors (Lipinski definition) is 0. The Hall–Kier alpha value is -3.30. The second kappa shape index (κ2) is 8.21. The lowest BCUT2D eigenvalue weighted by molar-refractivity contribution is 0.391. The van der Waals surface area contributed by atoms with E-state index in [0.717, 1.165) is 27.8 Å². The maximum absolute atomic E-state index is 5.42. The zero-order chi connectivity index (χ0) is 20.3. The Morgan fingerprint density at radius 2 is 1.83 bits per heavy atom. The number of nitrogens with zero attached hydrogens (tertiary/aromatic N) is 6. The minimum absolute atomic E-state index is 0.497. The van der Waals surface area contributed by atoms with Crippen molar-refractivity contribution in [1.82, 2.24) is 29.9 Å². The van der Waals surface area contributed by atoms with E-state index in [1.54, 1.807) is 23.7 Å². The van der Waals surface area contributed by atoms with E-state index >= 15 is 0 Å². The molecule has 0 saturated heterocycles. The Morgan fingerprint density at radius 3 is 2.60 bits per heavy atom. The molecule has 9 heteroatoms. The zero-order valence-corrected chi connectivity index (χ0v) is 17.6. The van der Waals surface area contributed by atoms with Crippen molar-refractivity contribution < 1.29 is 4.52 Å². The van der Waals surface area contributed by atoms with Gasteiger partial charge in [0.15, 0.2) is 11.0 Å². The standard InChI is InChI=1S/C21H16N6OS2/c1-14-2-4-17(5-3-14)27-20(15-6-9-22-10-7-15)24-25-21(27)30-13-18-23-19(26-28-18)16-8-11-29-12-16/h2-12H,13H2,1H3. The molecule has 4 heterocycles. The molecule has 0 amide bonds. The highest BCUT2D eigenvalue weighted by atomic mass is 32.2. The number of thiophene rings is 1. The average Bonchev–Trinajstić information content (AvgIpc) is 3.53. The molecule has 0 unspecified atom stereocenters. The van der Waals surface area contributed by atoms with Gasteiger partial charge in [0, 0.05) is 34.6 Å². The van der Waals surface area contributed by atoms with Crippen LogP contribution in [0.2, 0.25) is 0 Å². The Kier molecular flexibility index (Phi) is 5.12. The summed E-state index contributed by atoms with van der Waals surface area (Å²) >= 11 is 3.11. The zero-order valence-electron chi connectivity index (χ0n) is 16.0. The molecule has 0 bridgehead atoms. The molecular formula is C21H16N6OS2. The van der Waals surface area contributed by atoms with E-state index in [9.17, 15) is 0 Å². The van der Waals surface area contributed by atoms with Crippen LogP contribution in [0.3, 0.4) is 0 Å². The molecule has 0 spiro atoms. The number of rotatable bonds is 6. The molecule has 0 atom stereocenters. The van der Waals surface area contributed by atoms with E-state index in [2.05, 4.69) is 56.5 Å². The van der Waals surface area contributed by atoms with Gasteiger partial charge in [-0.05, 0) is 42.6 Å². The van der Waals surface area contributed by atoms with E-state index in [1.165, 1.54) is 17.3 Å². The average molecular weight is 433 g/mol. The van der Waals surface area contributed by atoms with Crippen molar-refractivity contribution in [1.29, 1.82) is 0 Å². The van der Waals surface area contributed by atoms with Gasteiger partial charge in [0.2, 0.25) is 11.7 Å². The molecule has 5 aromatic rings. The van der Waals surface area contributed by atoms with Crippen LogP contribution in [0, 0.1) is 6.92 Å². The van der Waals surface area contributed by atoms with Crippen molar-refractivity contribution in [2.45, 2.75) is 17.8 Å². The SMILES string of the molecule is Cc1ccc(-n2c(SCc3nc(-c4ccsc4)no3)nnc2-c2ccncc2)cc1. The summed E-state index contributed by atoms with van der Waals surface area (Å²) in [6.07, 6.45) is 3.50. The fourth-order valence-corrected chi connectivity index (χ4v) is 4.35. The van der Waals surface area contributed by atoms with Crippen LogP contribution in [0.4, 0.5) is 0 Å². The minimum atomic E-state index is 0.497. The monoisotopic (exact) mass is 432 g/mol. The fraction of sp³-hybridized carbons (Fsp3) is 0.0952. The van der Waals surface area contributed by atoms with Crippen LogP contribution >= 0.6 is 23.1 Å². The summed E-state index contributed by atoms with van der Waals surface area (Å²) < 4.78 is 7.46. The molecule has 5 rings (SSSR count). The lowest BCUT2D eigenvalue weighted by atomic mass is 10.2. The van der Waals surface area contributed by atoms with E-state index < -0.39 is 0 Å². The van der Waals surface area contributed by atoms with Crippen molar-refractivity contribution in [3.63, 3.8) is 0 Å². The molecule has 0 aliphatic rings. The van der Waals surface area contributed by atoms with Crippen LogP contribution in [0.1, 0.15) is 11.5 Å². The molecule has 0 radical (unpaired) electrons. The van der Waals surface area contributed by atoms with Crippen molar-refractivity contribution >= 4 is 23.1 Å². The highest BCUT2D eigenvalue weighted by Crippen LogP contribution is 2.30. The maximum atomic E-state index is 5.42. The predicted octanol–water partition coefficient (Wildman–Crippen LogP) is 5.04. The number of aryl methyl sites for hydroxylation is 1. The van der Waals surface area contributed by atoms with Crippen LogP contribution in [0.25, 0.3) is 28.5 Å². The Bertz CT molecular complexity index is 1250. The van der Waals surface area contributed by atoms with Crippen LogP contribution in [-0.4, -0.2) is 29.9 Å². The third-order valence-corrected chi connectivity index (χ3v) is 6.03. The van der Waals surface area contributed by atoms with Crippen molar-refractivity contribution in [2.75, 3.05) is 0 Å². The number of aromatic nitrogens is 6. The number of thioether (sulfide) groups is 1. The van der Waals surface area contributed by atoms with Gasteiger partial charge in [-0.3, -0.25) is 9.55 Å². The Morgan fingerprint density at radius 1 is 1.00 bits per heavy atom. The van der Waals surface area contributed by atoms with Gasteiger partial charge in [-0.25, -0.2) is 0 Å². The summed E-state index contributed by atoms with van der Waals surface area (Å²) in [4.78, 5) is 8.59. The van der Waals surface area contributed by atoms with Crippen LogP contribution < -0.4 is 0 Å². The van der Waals surface area contributed by atoms with Gasteiger partial charge in [0.05, 0.1) is 5.75 Å². The van der Waals surface area contributed by atoms with Gasteiger partial charge in [0.1, 0.15) is 0 Å². The molecule has 4 aromatic heterocycles. The first-order chi connectivity index (χ1) is 14.8. The smallest absolute Gasteiger partial charge is 0.237 e. The predicted molar refractivity (Wildman–Crippen MR) is 116 cm³/mol. The lowest BCUT2D eigenvalue weighted by Gasteiger charge is -2.10. The molecular weight excluding hydrogens is 416 g/mol. The van der Waals surface area contributed by atoms with Gasteiger partial charge in [-0.15, -0.1) is 10.2 Å². The van der Waals surface area contributed by atoms with Crippen molar-refractivity contribution in [3.8, 4) is 28.5 Å². The van der Waals surface area contributed by atoms with E-state index in [0.29, 0.717) is 17.5 Å². The van der Waals surface area contributed by atoms with Crippen molar-refractivity contribution in [2.24, 2.45) is 0 Å². The first kappa shape index (κ1) is 18.7. The molecule has 148 valence electrons. The summed E-state index contributed by atoms with van der Waals surface area (Å²) in [6.45, 7) is 2.07. The van der Waals surface area contributed by atoms with Gasteiger partial charge >= 0.3 is 0 Å². The summed E-state index contributed by atoms with van der Waals surface area (Å²) in [5.41, 5.74) is 4.09. The molecule has 7 nitrogen and oxygen atoms in total. The van der Waals surface area contributed by atoms with Crippen LogP contribution in [0.5, 0.6) is 0 Å². The van der Waals surface area contributed by atoms with Crippen molar-refractivity contribution in [3.05, 3.63) is 77.1 Å². The molecule has 0 fully saturated rings. The molecule has 1 aromatic carbocycles. The van der Waals surface area contributed by atoms with E-state index in [1.807, 2.05) is 33.5 Å². The quantitative estimate of drug-likeness (QED) is 0.348. The maximum Gasteiger partial charge on any atom is 0.237 e. The first-order valence-corrected chi connectivity index (χ1v) is 11.1. The van der Waals surface area contributed by atoms with Gasteiger partial charge < -0.3 is 4.52 Å². The highest BCUT2D eigenvalue weighted by Gasteiger charge is 2.18. The number of benzene rings is 1. The topological polar surface area (TPSA) is 82.5 Å². The van der Waals surface area contributed by atoms with Gasteiger partial charge in [-0.2, -0.15) is 16.3 Å². The Balaban J connectivity index is 1.46. The second-order valence-corrected chi connectivity index (χ2v) is 8.25. The molecule has 0 aliphatic heterocycles. The number of pyridine rings is 1. The fourth-order valence-electron chi connectivity index (χ4n) is 2.93. The van der Waals surface area contributed by atoms with E-state index in [-0.39, 0.29) is 0 Å².